The number of carbonyl (C=O) groups excluding carboxylic acids is 1. The number of methoxy groups -OCH3 is 1. The van der Waals surface area contributed by atoms with Gasteiger partial charge in [-0.05, 0) is 17.7 Å². The summed E-state index contributed by atoms with van der Waals surface area (Å²) in [6.45, 7) is 6.99. The Labute approximate surface area is 95.7 Å². The fourth-order valence-electron chi connectivity index (χ4n) is 1.26. The van der Waals surface area contributed by atoms with Gasteiger partial charge in [-0.3, -0.25) is 4.79 Å². The highest BCUT2D eigenvalue weighted by Gasteiger charge is 2.08. The van der Waals surface area contributed by atoms with Crippen molar-refractivity contribution in [3.05, 3.63) is 42.3 Å². The first-order valence-electron chi connectivity index (χ1n) is 4.90. The van der Waals surface area contributed by atoms with Gasteiger partial charge in [0.15, 0.2) is 0 Å². The first-order valence-corrected chi connectivity index (χ1v) is 4.90. The lowest BCUT2D eigenvalue weighted by Crippen LogP contribution is -2.03. The van der Waals surface area contributed by atoms with Crippen LogP contribution in [-0.2, 0) is 4.79 Å². The number of carbonyl (C=O) groups is 1. The quantitative estimate of drug-likeness (QED) is 0.577. The molecule has 3 nitrogen and oxygen atoms in total. The van der Waals surface area contributed by atoms with Crippen LogP contribution in [0.5, 0.6) is 11.5 Å². The lowest BCUT2D eigenvalue weighted by atomic mass is 10.0. The van der Waals surface area contributed by atoms with Crippen molar-refractivity contribution in [1.82, 2.24) is 0 Å². The Morgan fingerprint density at radius 3 is 2.38 bits per heavy atom. The van der Waals surface area contributed by atoms with Crippen molar-refractivity contribution in [2.24, 2.45) is 0 Å². The summed E-state index contributed by atoms with van der Waals surface area (Å²) in [4.78, 5) is 10.9. The van der Waals surface area contributed by atoms with E-state index in [0.717, 1.165) is 11.5 Å². The summed E-state index contributed by atoms with van der Waals surface area (Å²) < 4.78 is 10.2. The van der Waals surface area contributed by atoms with E-state index in [1.807, 2.05) is 13.0 Å². The van der Waals surface area contributed by atoms with Crippen LogP contribution in [0, 0.1) is 5.92 Å². The molecule has 0 unspecified atom stereocenters. The molecule has 0 heterocycles. The molecule has 1 rings (SSSR count). The first-order chi connectivity index (χ1) is 7.56. The van der Waals surface area contributed by atoms with Crippen LogP contribution in [-0.4, -0.2) is 13.1 Å². The van der Waals surface area contributed by atoms with Gasteiger partial charge >= 0.3 is 5.97 Å². The molecule has 0 N–H and O–H groups in total. The minimum Gasteiger partial charge on any atom is -0.497 e. The molecule has 85 valence electrons. The van der Waals surface area contributed by atoms with Crippen LogP contribution in [0.4, 0.5) is 0 Å². The normalized spacial score (nSPS) is 10.0. The van der Waals surface area contributed by atoms with Gasteiger partial charge in [-0.25, -0.2) is 0 Å². The summed E-state index contributed by atoms with van der Waals surface area (Å²) in [6, 6.07) is 5.31. The van der Waals surface area contributed by atoms with E-state index in [4.69, 9.17) is 9.47 Å². The molecule has 0 fully saturated rings. The minimum atomic E-state index is -0.351. The topological polar surface area (TPSA) is 35.5 Å². The maximum Gasteiger partial charge on any atom is 0.308 e. The van der Waals surface area contributed by atoms with Crippen molar-refractivity contribution >= 4 is 5.97 Å². The Balaban J connectivity index is 3.09. The van der Waals surface area contributed by atoms with Crippen molar-refractivity contribution in [2.45, 2.75) is 13.8 Å². The van der Waals surface area contributed by atoms with E-state index >= 15 is 0 Å². The van der Waals surface area contributed by atoms with Crippen molar-refractivity contribution in [3.8, 4) is 11.5 Å². The van der Waals surface area contributed by atoms with Crippen molar-refractivity contribution in [1.29, 1.82) is 0 Å². The van der Waals surface area contributed by atoms with E-state index in [2.05, 4.69) is 6.58 Å². The Bertz CT molecular complexity index is 396. The molecule has 0 saturated carbocycles. The van der Waals surface area contributed by atoms with E-state index in [-0.39, 0.29) is 5.97 Å². The van der Waals surface area contributed by atoms with Gasteiger partial charge < -0.3 is 9.47 Å². The highest BCUT2D eigenvalue weighted by molar-refractivity contribution is 5.69. The van der Waals surface area contributed by atoms with Gasteiger partial charge in [0.1, 0.15) is 11.5 Å². The molecule has 0 bridgehead atoms. The smallest absolute Gasteiger partial charge is 0.308 e. The fourth-order valence-corrected chi connectivity index (χ4v) is 1.26. The molecule has 0 aliphatic carbocycles. The Kier molecular flexibility index (Phi) is 4.11. The van der Waals surface area contributed by atoms with Gasteiger partial charge in [0.2, 0.25) is 0 Å². The predicted octanol–water partition coefficient (Wildman–Crippen LogP) is 2.75. The molecule has 0 aliphatic rings. The summed E-state index contributed by atoms with van der Waals surface area (Å²) in [5.41, 5.74) is 0.922. The number of esters is 1. The third-order valence-corrected chi connectivity index (χ3v) is 2.14. The number of ether oxygens (including phenoxy) is 2. The number of allylic oxidation sites excluding steroid dienone is 1. The van der Waals surface area contributed by atoms with Gasteiger partial charge in [0, 0.05) is 18.9 Å². The summed E-state index contributed by atoms with van der Waals surface area (Å²) in [7, 11) is 1.57. The second-order valence-electron chi connectivity index (χ2n) is 3.38. The Hall–Kier alpha value is -1.77. The van der Waals surface area contributed by atoms with Crippen LogP contribution in [0.2, 0.25) is 0 Å². The number of hydrogen-bond acceptors (Lipinski definition) is 3. The van der Waals surface area contributed by atoms with E-state index in [9.17, 15) is 4.79 Å². The van der Waals surface area contributed by atoms with Gasteiger partial charge in [-0.2, -0.15) is 0 Å². The molecule has 3 heteroatoms. The first kappa shape index (κ1) is 12.3. The summed E-state index contributed by atoms with van der Waals surface area (Å²) in [5, 5.41) is 0. The molecule has 0 spiro atoms. The van der Waals surface area contributed by atoms with E-state index < -0.39 is 0 Å². The maximum absolute atomic E-state index is 10.9. The van der Waals surface area contributed by atoms with Crippen LogP contribution >= 0.6 is 0 Å². The number of rotatable bonds is 4. The molecule has 0 aromatic heterocycles. The zero-order valence-electron chi connectivity index (χ0n) is 9.74. The molecule has 0 aliphatic heterocycles. The molecule has 0 atom stereocenters. The Morgan fingerprint density at radius 2 is 1.88 bits per heavy atom. The van der Waals surface area contributed by atoms with Crippen LogP contribution in [0.1, 0.15) is 19.4 Å². The summed E-state index contributed by atoms with van der Waals surface area (Å²) >= 11 is 0. The molecule has 0 saturated heterocycles. The van der Waals surface area contributed by atoms with Gasteiger partial charge in [-0.15, -0.1) is 6.58 Å². The lowest BCUT2D eigenvalue weighted by Gasteiger charge is -2.11. The molecule has 1 radical (unpaired) electrons. The number of benzene rings is 1. The zero-order valence-corrected chi connectivity index (χ0v) is 9.74. The van der Waals surface area contributed by atoms with Crippen LogP contribution in [0.25, 0.3) is 0 Å². The van der Waals surface area contributed by atoms with Crippen molar-refractivity contribution in [3.63, 3.8) is 0 Å². The van der Waals surface area contributed by atoms with Gasteiger partial charge in [0.25, 0.3) is 0 Å². The number of hydrogen-bond donors (Lipinski definition) is 0. The monoisotopic (exact) mass is 219 g/mol. The van der Waals surface area contributed by atoms with Crippen LogP contribution < -0.4 is 9.47 Å². The SMILES string of the molecule is C=C[C](C)c1cc(OC)cc(OC(C)=O)c1. The van der Waals surface area contributed by atoms with E-state index in [0.29, 0.717) is 11.5 Å². The highest BCUT2D eigenvalue weighted by Crippen LogP contribution is 2.27. The Morgan fingerprint density at radius 1 is 1.25 bits per heavy atom. The molecule has 0 amide bonds. The van der Waals surface area contributed by atoms with Crippen LogP contribution in [0.3, 0.4) is 0 Å². The van der Waals surface area contributed by atoms with Crippen molar-refractivity contribution in [2.75, 3.05) is 7.11 Å². The second kappa shape index (κ2) is 5.35. The molecular weight excluding hydrogens is 204 g/mol. The van der Waals surface area contributed by atoms with E-state index in [1.165, 1.54) is 6.92 Å². The largest absolute Gasteiger partial charge is 0.497 e. The predicted molar refractivity (Wildman–Crippen MR) is 62.5 cm³/mol. The third-order valence-electron chi connectivity index (χ3n) is 2.14. The average molecular weight is 219 g/mol. The molecule has 1 aromatic rings. The summed E-state index contributed by atoms with van der Waals surface area (Å²) in [5.74, 6) is 1.76. The van der Waals surface area contributed by atoms with Crippen LogP contribution in [0.15, 0.2) is 30.9 Å². The highest BCUT2D eigenvalue weighted by atomic mass is 16.5. The van der Waals surface area contributed by atoms with Crippen molar-refractivity contribution < 1.29 is 14.3 Å². The maximum atomic E-state index is 10.9. The molecular formula is C13H15O3. The standard InChI is InChI=1S/C13H15O3/c1-5-9(2)11-6-12(15-4)8-13(7-11)16-10(3)14/h5-8H,1H2,2-4H3. The molecule has 16 heavy (non-hydrogen) atoms. The van der Waals surface area contributed by atoms with Gasteiger partial charge in [-0.1, -0.05) is 13.0 Å². The average Bonchev–Trinajstić information content (AvgIpc) is 2.26. The fraction of sp³-hybridized carbons (Fsp3) is 0.231. The molecule has 1 aromatic carbocycles. The third kappa shape index (κ3) is 3.12. The second-order valence-corrected chi connectivity index (χ2v) is 3.38. The summed E-state index contributed by atoms with van der Waals surface area (Å²) in [6.07, 6.45) is 1.74. The lowest BCUT2D eigenvalue weighted by molar-refractivity contribution is -0.131. The zero-order chi connectivity index (χ0) is 12.1. The van der Waals surface area contributed by atoms with Gasteiger partial charge in [0.05, 0.1) is 7.11 Å². The van der Waals surface area contributed by atoms with E-state index in [1.54, 1.807) is 25.3 Å². The minimum absolute atomic E-state index is 0.351.